The molecule has 1 fully saturated rings. The summed E-state index contributed by atoms with van der Waals surface area (Å²) in [6.07, 6.45) is 4.07. The standard InChI is InChI=1S/C22H24N4O4S/c1-14(19-16-6-3-4-7-17(16)21(27)25-24-19)22(28)26-12-9-15(10-13-26)20-18(31(2,29)30)8-5-11-23-20/h3-8,11,14-15H,9-10,12-13H2,1-2H3,(H,25,27)/t14-/m1/s1. The number of benzene rings is 1. The van der Waals surface area contributed by atoms with Crippen LogP contribution in [0.5, 0.6) is 0 Å². The minimum atomic E-state index is -3.37. The fraction of sp³-hybridized carbons (Fsp3) is 0.364. The molecule has 8 nitrogen and oxygen atoms in total. The van der Waals surface area contributed by atoms with Crippen LogP contribution in [-0.4, -0.2) is 53.8 Å². The van der Waals surface area contributed by atoms with Gasteiger partial charge in [-0.1, -0.05) is 18.2 Å². The third-order valence-electron chi connectivity index (χ3n) is 5.90. The second-order valence-electron chi connectivity index (χ2n) is 7.96. The average molecular weight is 441 g/mol. The van der Waals surface area contributed by atoms with Crippen LogP contribution in [0.2, 0.25) is 0 Å². The highest BCUT2D eigenvalue weighted by molar-refractivity contribution is 7.90. The number of carbonyl (C=O) groups is 1. The number of H-pyrrole nitrogens is 1. The zero-order valence-corrected chi connectivity index (χ0v) is 18.2. The van der Waals surface area contributed by atoms with Crippen LogP contribution in [0, 0.1) is 0 Å². The number of aromatic amines is 1. The van der Waals surface area contributed by atoms with Gasteiger partial charge in [-0.05, 0) is 38.0 Å². The van der Waals surface area contributed by atoms with E-state index in [4.69, 9.17) is 0 Å². The first-order valence-corrected chi connectivity index (χ1v) is 12.1. The lowest BCUT2D eigenvalue weighted by Crippen LogP contribution is -2.40. The Bertz CT molecular complexity index is 1290. The molecule has 2 aromatic heterocycles. The van der Waals surface area contributed by atoms with Crippen molar-refractivity contribution in [2.24, 2.45) is 0 Å². The number of hydrogen-bond acceptors (Lipinski definition) is 6. The van der Waals surface area contributed by atoms with E-state index in [9.17, 15) is 18.0 Å². The van der Waals surface area contributed by atoms with Crippen LogP contribution in [0.3, 0.4) is 0 Å². The van der Waals surface area contributed by atoms with Gasteiger partial charge in [-0.3, -0.25) is 14.6 Å². The molecule has 0 spiro atoms. The van der Waals surface area contributed by atoms with Gasteiger partial charge in [0.15, 0.2) is 9.84 Å². The van der Waals surface area contributed by atoms with E-state index in [-0.39, 0.29) is 22.3 Å². The molecule has 31 heavy (non-hydrogen) atoms. The largest absolute Gasteiger partial charge is 0.342 e. The number of fused-ring (bicyclic) bond motifs is 1. The predicted molar refractivity (Wildman–Crippen MR) is 117 cm³/mol. The number of nitrogens with one attached hydrogen (secondary N) is 1. The molecule has 1 aromatic carbocycles. The molecule has 0 aliphatic carbocycles. The van der Waals surface area contributed by atoms with Crippen molar-refractivity contribution in [3.8, 4) is 0 Å². The Balaban J connectivity index is 1.52. The van der Waals surface area contributed by atoms with Crippen LogP contribution in [0.1, 0.15) is 43.0 Å². The van der Waals surface area contributed by atoms with Gasteiger partial charge in [0.2, 0.25) is 5.91 Å². The first-order chi connectivity index (χ1) is 14.8. The summed E-state index contributed by atoms with van der Waals surface area (Å²) in [5, 5.41) is 7.83. The highest BCUT2D eigenvalue weighted by Gasteiger charge is 2.31. The monoisotopic (exact) mass is 440 g/mol. The van der Waals surface area contributed by atoms with Crippen LogP contribution in [-0.2, 0) is 14.6 Å². The minimum Gasteiger partial charge on any atom is -0.342 e. The van der Waals surface area contributed by atoms with Crippen LogP contribution >= 0.6 is 0 Å². The summed E-state index contributed by atoms with van der Waals surface area (Å²) in [5.41, 5.74) is 0.849. The van der Waals surface area contributed by atoms with E-state index >= 15 is 0 Å². The van der Waals surface area contributed by atoms with Crippen molar-refractivity contribution < 1.29 is 13.2 Å². The Morgan fingerprint density at radius 1 is 1.13 bits per heavy atom. The fourth-order valence-electron chi connectivity index (χ4n) is 4.25. The van der Waals surface area contributed by atoms with Crippen molar-refractivity contribution in [2.45, 2.75) is 36.5 Å². The van der Waals surface area contributed by atoms with Crippen LogP contribution in [0.25, 0.3) is 10.8 Å². The summed E-state index contributed by atoms with van der Waals surface area (Å²) >= 11 is 0. The molecule has 0 unspecified atom stereocenters. The SMILES string of the molecule is C[C@@H](C(=O)N1CCC(c2ncccc2S(C)(=O)=O)CC1)c1n[nH]c(=O)c2ccccc12. The van der Waals surface area contributed by atoms with Gasteiger partial charge in [-0.25, -0.2) is 13.5 Å². The molecule has 0 saturated carbocycles. The Morgan fingerprint density at radius 2 is 1.81 bits per heavy atom. The van der Waals surface area contributed by atoms with Crippen LogP contribution < -0.4 is 5.56 Å². The molecule has 9 heteroatoms. The number of carbonyl (C=O) groups excluding carboxylic acids is 1. The normalized spacial score (nSPS) is 16.4. The number of amides is 1. The molecule has 0 radical (unpaired) electrons. The Morgan fingerprint density at radius 3 is 2.48 bits per heavy atom. The predicted octanol–water partition coefficient (Wildman–Crippen LogP) is 2.23. The lowest BCUT2D eigenvalue weighted by Gasteiger charge is -2.33. The number of nitrogens with zero attached hydrogens (tertiary/aromatic N) is 3. The van der Waals surface area contributed by atoms with Gasteiger partial charge in [-0.2, -0.15) is 5.10 Å². The number of sulfone groups is 1. The zero-order chi connectivity index (χ0) is 22.2. The molecule has 1 saturated heterocycles. The van der Waals surface area contributed by atoms with Crippen LogP contribution in [0.4, 0.5) is 0 Å². The summed E-state index contributed by atoms with van der Waals surface area (Å²) in [7, 11) is -3.37. The van der Waals surface area contributed by atoms with Crippen molar-refractivity contribution >= 4 is 26.5 Å². The molecular weight excluding hydrogens is 416 g/mol. The van der Waals surface area contributed by atoms with E-state index < -0.39 is 15.8 Å². The number of piperidine rings is 1. The highest BCUT2D eigenvalue weighted by Crippen LogP contribution is 2.32. The summed E-state index contributed by atoms with van der Waals surface area (Å²) < 4.78 is 24.2. The first kappa shape index (κ1) is 21.2. The molecule has 0 bridgehead atoms. The molecule has 1 amide bonds. The second kappa shape index (κ2) is 8.22. The smallest absolute Gasteiger partial charge is 0.272 e. The maximum absolute atomic E-state index is 13.2. The second-order valence-corrected chi connectivity index (χ2v) is 9.95. The topological polar surface area (TPSA) is 113 Å². The van der Waals surface area contributed by atoms with E-state index in [2.05, 4.69) is 15.2 Å². The molecule has 162 valence electrons. The lowest BCUT2D eigenvalue weighted by molar-refractivity contribution is -0.133. The van der Waals surface area contributed by atoms with Gasteiger partial charge in [0.1, 0.15) is 0 Å². The maximum atomic E-state index is 13.2. The van der Waals surface area contributed by atoms with Crippen molar-refractivity contribution in [3.05, 3.63) is 64.3 Å². The van der Waals surface area contributed by atoms with Crippen molar-refractivity contribution in [2.75, 3.05) is 19.3 Å². The van der Waals surface area contributed by atoms with Gasteiger partial charge in [0.05, 0.1) is 27.6 Å². The van der Waals surface area contributed by atoms with Crippen molar-refractivity contribution in [1.82, 2.24) is 20.1 Å². The summed E-state index contributed by atoms with van der Waals surface area (Å²) in [5.74, 6) is -0.593. The van der Waals surface area contributed by atoms with E-state index in [1.165, 1.54) is 6.26 Å². The van der Waals surface area contributed by atoms with E-state index in [1.54, 1.807) is 48.4 Å². The van der Waals surface area contributed by atoms with Crippen LogP contribution in [0.15, 0.2) is 52.3 Å². The van der Waals surface area contributed by atoms with E-state index in [0.29, 0.717) is 48.1 Å². The fourth-order valence-corrected chi connectivity index (χ4v) is 5.18. The van der Waals surface area contributed by atoms with Gasteiger partial charge in [-0.15, -0.1) is 0 Å². The summed E-state index contributed by atoms with van der Waals surface area (Å²) in [6.45, 7) is 2.81. The number of likely N-dealkylation sites (tertiary alicyclic amines) is 1. The third-order valence-corrected chi connectivity index (χ3v) is 7.04. The van der Waals surface area contributed by atoms with Gasteiger partial charge in [0, 0.05) is 36.8 Å². The minimum absolute atomic E-state index is 0.0164. The van der Waals surface area contributed by atoms with Crippen molar-refractivity contribution in [1.29, 1.82) is 0 Å². The molecule has 1 N–H and O–H groups in total. The van der Waals surface area contributed by atoms with E-state index in [0.717, 1.165) is 0 Å². The van der Waals surface area contributed by atoms with Gasteiger partial charge < -0.3 is 4.90 Å². The third kappa shape index (κ3) is 4.10. The van der Waals surface area contributed by atoms with Crippen molar-refractivity contribution in [3.63, 3.8) is 0 Å². The molecule has 4 rings (SSSR count). The number of rotatable bonds is 4. The Labute approximate surface area is 180 Å². The first-order valence-electron chi connectivity index (χ1n) is 10.2. The summed E-state index contributed by atoms with van der Waals surface area (Å²) in [6, 6.07) is 10.3. The quantitative estimate of drug-likeness (QED) is 0.666. The molecule has 3 aromatic rings. The zero-order valence-electron chi connectivity index (χ0n) is 17.4. The number of pyridine rings is 1. The Hall–Kier alpha value is -3.07. The molecule has 1 aliphatic heterocycles. The summed E-state index contributed by atoms with van der Waals surface area (Å²) in [4.78, 5) is 31.6. The maximum Gasteiger partial charge on any atom is 0.272 e. The highest BCUT2D eigenvalue weighted by atomic mass is 32.2. The number of hydrogen-bond donors (Lipinski definition) is 1. The molecular formula is C22H24N4O4S. The van der Waals surface area contributed by atoms with E-state index in [1.807, 2.05) is 6.07 Å². The molecule has 3 heterocycles. The number of aromatic nitrogens is 3. The molecule has 1 aliphatic rings. The molecule has 1 atom stereocenters. The van der Waals surface area contributed by atoms with Gasteiger partial charge >= 0.3 is 0 Å². The lowest BCUT2D eigenvalue weighted by atomic mass is 9.91. The Kier molecular flexibility index (Phi) is 5.62. The van der Waals surface area contributed by atoms with Gasteiger partial charge in [0.25, 0.3) is 5.56 Å². The average Bonchev–Trinajstić information content (AvgIpc) is 2.78.